The molecular formula is C17H25N5O2. The van der Waals surface area contributed by atoms with E-state index in [0.29, 0.717) is 24.8 Å². The number of rotatable bonds is 4. The molecule has 3 heterocycles. The van der Waals surface area contributed by atoms with Crippen LogP contribution in [0, 0.1) is 0 Å². The van der Waals surface area contributed by atoms with Gasteiger partial charge in [-0.3, -0.25) is 9.59 Å². The first-order valence-corrected chi connectivity index (χ1v) is 8.82. The highest BCUT2D eigenvalue weighted by Gasteiger charge is 2.27. The van der Waals surface area contributed by atoms with Crippen LogP contribution < -0.4 is 4.90 Å². The minimum atomic E-state index is -0.00799. The summed E-state index contributed by atoms with van der Waals surface area (Å²) in [4.78, 5) is 29.3. The van der Waals surface area contributed by atoms with Crippen molar-refractivity contribution in [3.05, 3.63) is 17.8 Å². The Hall–Kier alpha value is -2.18. The van der Waals surface area contributed by atoms with Crippen molar-refractivity contribution in [2.75, 3.05) is 37.6 Å². The third kappa shape index (κ3) is 3.49. The highest BCUT2D eigenvalue weighted by Crippen LogP contribution is 2.21. The summed E-state index contributed by atoms with van der Waals surface area (Å²) in [5.74, 6) is 0.758. The third-order valence-corrected chi connectivity index (χ3v) is 5.02. The molecule has 2 amide bonds. The lowest BCUT2D eigenvalue weighted by Gasteiger charge is -2.35. The van der Waals surface area contributed by atoms with Crippen molar-refractivity contribution >= 4 is 18.1 Å². The monoisotopic (exact) mass is 331 g/mol. The summed E-state index contributed by atoms with van der Waals surface area (Å²) in [5.41, 5.74) is 0.422. The van der Waals surface area contributed by atoms with Gasteiger partial charge >= 0.3 is 0 Å². The Labute approximate surface area is 142 Å². The maximum absolute atomic E-state index is 12.7. The van der Waals surface area contributed by atoms with E-state index in [2.05, 4.69) is 22.0 Å². The minimum absolute atomic E-state index is 0.00799. The van der Waals surface area contributed by atoms with Gasteiger partial charge in [-0.1, -0.05) is 6.92 Å². The van der Waals surface area contributed by atoms with Gasteiger partial charge in [0.05, 0.1) is 0 Å². The Bertz CT molecular complexity index is 569. The number of aromatic nitrogens is 2. The van der Waals surface area contributed by atoms with Gasteiger partial charge in [0.1, 0.15) is 0 Å². The summed E-state index contributed by atoms with van der Waals surface area (Å²) in [6, 6.07) is 3.96. The van der Waals surface area contributed by atoms with E-state index in [-0.39, 0.29) is 5.91 Å². The van der Waals surface area contributed by atoms with Crippen molar-refractivity contribution in [3.63, 3.8) is 0 Å². The number of carbonyl (C=O) groups is 2. The summed E-state index contributed by atoms with van der Waals surface area (Å²) in [6.45, 7) is 5.81. The number of carbonyl (C=O) groups excluding carboxylic acids is 2. The molecule has 0 radical (unpaired) electrons. The Morgan fingerprint density at radius 1 is 1.17 bits per heavy atom. The van der Waals surface area contributed by atoms with Crippen LogP contribution in [0.3, 0.4) is 0 Å². The van der Waals surface area contributed by atoms with Gasteiger partial charge in [0.2, 0.25) is 6.41 Å². The van der Waals surface area contributed by atoms with Crippen molar-refractivity contribution in [1.29, 1.82) is 0 Å². The van der Waals surface area contributed by atoms with Gasteiger partial charge in [-0.25, -0.2) is 0 Å². The minimum Gasteiger partial charge on any atom is -0.352 e. The maximum Gasteiger partial charge on any atom is 0.274 e. The van der Waals surface area contributed by atoms with Gasteiger partial charge < -0.3 is 14.7 Å². The second kappa shape index (κ2) is 7.59. The number of piperazine rings is 1. The molecule has 0 saturated carbocycles. The lowest BCUT2D eigenvalue weighted by atomic mass is 9.99. The fraction of sp³-hybridized carbons (Fsp3) is 0.647. The summed E-state index contributed by atoms with van der Waals surface area (Å²) < 4.78 is 0. The van der Waals surface area contributed by atoms with Gasteiger partial charge in [-0.2, -0.15) is 0 Å². The highest BCUT2D eigenvalue weighted by atomic mass is 16.2. The molecule has 0 aliphatic carbocycles. The topological polar surface area (TPSA) is 69.6 Å². The predicted octanol–water partition coefficient (Wildman–Crippen LogP) is 1.16. The predicted molar refractivity (Wildman–Crippen MR) is 90.8 cm³/mol. The second-order valence-electron chi connectivity index (χ2n) is 6.46. The third-order valence-electron chi connectivity index (χ3n) is 5.02. The molecule has 2 saturated heterocycles. The van der Waals surface area contributed by atoms with E-state index in [1.165, 1.54) is 6.42 Å². The molecule has 0 bridgehead atoms. The van der Waals surface area contributed by atoms with Crippen LogP contribution in [-0.2, 0) is 4.79 Å². The van der Waals surface area contributed by atoms with E-state index in [1.807, 2.05) is 11.0 Å². The Morgan fingerprint density at radius 3 is 2.58 bits per heavy atom. The molecule has 2 fully saturated rings. The molecular weight excluding hydrogens is 306 g/mol. The van der Waals surface area contributed by atoms with E-state index in [4.69, 9.17) is 0 Å². The lowest BCUT2D eigenvalue weighted by Crippen LogP contribution is -2.46. The largest absolute Gasteiger partial charge is 0.352 e. The van der Waals surface area contributed by atoms with Gasteiger partial charge in [0.25, 0.3) is 5.91 Å². The Balaban J connectivity index is 1.65. The van der Waals surface area contributed by atoms with Crippen LogP contribution in [-0.4, -0.2) is 71.1 Å². The van der Waals surface area contributed by atoms with Gasteiger partial charge in [-0.05, 0) is 37.8 Å². The van der Waals surface area contributed by atoms with Crippen LogP contribution in [0.1, 0.15) is 43.1 Å². The quantitative estimate of drug-likeness (QED) is 0.775. The van der Waals surface area contributed by atoms with E-state index >= 15 is 0 Å². The molecule has 0 aromatic carbocycles. The van der Waals surface area contributed by atoms with Gasteiger partial charge in [-0.15, -0.1) is 10.2 Å². The van der Waals surface area contributed by atoms with Gasteiger partial charge in [0.15, 0.2) is 11.5 Å². The van der Waals surface area contributed by atoms with Crippen LogP contribution >= 0.6 is 0 Å². The molecule has 2 aliphatic rings. The molecule has 130 valence electrons. The molecule has 2 aliphatic heterocycles. The molecule has 1 aromatic rings. The zero-order chi connectivity index (χ0) is 16.9. The molecule has 1 atom stereocenters. The van der Waals surface area contributed by atoms with Gasteiger partial charge in [0, 0.05) is 38.8 Å². The van der Waals surface area contributed by atoms with Crippen LogP contribution in [0.4, 0.5) is 5.82 Å². The van der Waals surface area contributed by atoms with E-state index in [0.717, 1.165) is 51.1 Å². The standard InChI is InChI=1S/C17H25N5O2/c1-2-14-5-3-4-8-22(14)17(24)15-6-7-16(19-18-15)21-11-9-20(13-23)10-12-21/h6-7,13-14H,2-5,8-12H2,1H3. The first-order valence-electron chi connectivity index (χ1n) is 8.82. The van der Waals surface area contributed by atoms with Crippen molar-refractivity contribution in [2.24, 2.45) is 0 Å². The fourth-order valence-electron chi connectivity index (χ4n) is 3.50. The molecule has 1 unspecified atom stereocenters. The van der Waals surface area contributed by atoms with Crippen molar-refractivity contribution in [1.82, 2.24) is 20.0 Å². The zero-order valence-corrected chi connectivity index (χ0v) is 14.2. The summed E-state index contributed by atoms with van der Waals surface area (Å²) in [7, 11) is 0. The maximum atomic E-state index is 12.7. The van der Waals surface area contributed by atoms with Crippen LogP contribution in [0.25, 0.3) is 0 Å². The van der Waals surface area contributed by atoms with Crippen molar-refractivity contribution in [2.45, 2.75) is 38.6 Å². The smallest absolute Gasteiger partial charge is 0.274 e. The number of amides is 2. The van der Waals surface area contributed by atoms with E-state index in [9.17, 15) is 9.59 Å². The van der Waals surface area contributed by atoms with E-state index < -0.39 is 0 Å². The number of anilines is 1. The zero-order valence-electron chi connectivity index (χ0n) is 14.2. The van der Waals surface area contributed by atoms with Crippen molar-refractivity contribution < 1.29 is 9.59 Å². The normalized spacial score (nSPS) is 21.7. The Kier molecular flexibility index (Phi) is 5.27. The van der Waals surface area contributed by atoms with Crippen LogP contribution in [0.5, 0.6) is 0 Å². The molecule has 0 N–H and O–H groups in total. The highest BCUT2D eigenvalue weighted by molar-refractivity contribution is 5.92. The summed E-state index contributed by atoms with van der Waals surface area (Å²) in [5, 5.41) is 8.41. The molecule has 3 rings (SSSR count). The number of hydrogen-bond acceptors (Lipinski definition) is 5. The first-order chi connectivity index (χ1) is 11.7. The number of piperidine rings is 1. The fourth-order valence-corrected chi connectivity index (χ4v) is 3.50. The first kappa shape index (κ1) is 16.7. The summed E-state index contributed by atoms with van der Waals surface area (Å²) in [6.07, 6.45) is 5.20. The Morgan fingerprint density at radius 2 is 1.96 bits per heavy atom. The van der Waals surface area contributed by atoms with Crippen LogP contribution in [0.2, 0.25) is 0 Å². The molecule has 24 heavy (non-hydrogen) atoms. The number of hydrogen-bond donors (Lipinski definition) is 0. The number of nitrogens with zero attached hydrogens (tertiary/aromatic N) is 5. The molecule has 0 spiro atoms. The summed E-state index contributed by atoms with van der Waals surface area (Å²) >= 11 is 0. The molecule has 1 aromatic heterocycles. The van der Waals surface area contributed by atoms with E-state index in [1.54, 1.807) is 11.0 Å². The average Bonchev–Trinajstić information content (AvgIpc) is 2.67. The molecule has 7 heteroatoms. The van der Waals surface area contributed by atoms with Crippen LogP contribution in [0.15, 0.2) is 12.1 Å². The molecule has 7 nitrogen and oxygen atoms in total. The van der Waals surface area contributed by atoms with Crippen molar-refractivity contribution in [3.8, 4) is 0 Å². The SMILES string of the molecule is CCC1CCCCN1C(=O)c1ccc(N2CCN(C=O)CC2)nn1. The lowest BCUT2D eigenvalue weighted by molar-refractivity contribution is -0.118. The average molecular weight is 331 g/mol. The second-order valence-corrected chi connectivity index (χ2v) is 6.46. The number of likely N-dealkylation sites (tertiary alicyclic amines) is 1.